The molecule has 0 unspecified atom stereocenters. The van der Waals surface area contributed by atoms with Crippen LogP contribution in [0.15, 0.2) is 47.4 Å². The maximum Gasteiger partial charge on any atom is 0.147 e. The highest BCUT2D eigenvalue weighted by Crippen LogP contribution is 2.24. The number of hydrogen-bond acceptors (Lipinski definition) is 3. The second-order valence-corrected chi connectivity index (χ2v) is 6.10. The van der Waals surface area contributed by atoms with Crippen LogP contribution in [0.2, 0.25) is 0 Å². The number of aryl methyl sites for hydroxylation is 2. The number of methoxy groups -OCH3 is 1. The van der Waals surface area contributed by atoms with Gasteiger partial charge in [0.25, 0.3) is 0 Å². The zero-order valence-corrected chi connectivity index (χ0v) is 13.5. The Kier molecular flexibility index (Phi) is 5.45. The highest BCUT2D eigenvalue weighted by atomic mass is 32.2. The third-order valence-corrected chi connectivity index (χ3v) is 4.54. The molecule has 0 atom stereocenters. The number of rotatable bonds is 6. The van der Waals surface area contributed by atoms with E-state index in [1.807, 2.05) is 37.3 Å². The van der Waals surface area contributed by atoms with E-state index in [9.17, 15) is 4.79 Å². The third kappa shape index (κ3) is 4.36. The molecule has 0 bridgehead atoms. The standard InChI is InChI=1S/C18H20O2S/c1-13-8-9-17(20-3)15(10-13)11-16(19)12-21-18-7-5-4-6-14(18)2/h4-10H,11-12H2,1-3H3. The summed E-state index contributed by atoms with van der Waals surface area (Å²) >= 11 is 1.60. The third-order valence-electron chi connectivity index (χ3n) is 3.31. The Morgan fingerprint density at radius 3 is 2.62 bits per heavy atom. The fourth-order valence-corrected chi connectivity index (χ4v) is 3.07. The van der Waals surface area contributed by atoms with E-state index < -0.39 is 0 Å². The zero-order valence-electron chi connectivity index (χ0n) is 12.7. The lowest BCUT2D eigenvalue weighted by Crippen LogP contribution is -2.07. The van der Waals surface area contributed by atoms with Crippen LogP contribution >= 0.6 is 11.8 Å². The Morgan fingerprint density at radius 2 is 1.90 bits per heavy atom. The average molecular weight is 300 g/mol. The summed E-state index contributed by atoms with van der Waals surface area (Å²) in [4.78, 5) is 13.4. The molecule has 0 saturated carbocycles. The molecule has 2 aromatic rings. The van der Waals surface area contributed by atoms with Crippen LogP contribution in [0.25, 0.3) is 0 Å². The van der Waals surface area contributed by atoms with Crippen LogP contribution in [-0.4, -0.2) is 18.6 Å². The second-order valence-electron chi connectivity index (χ2n) is 5.08. The van der Waals surface area contributed by atoms with Gasteiger partial charge in [-0.25, -0.2) is 0 Å². The van der Waals surface area contributed by atoms with Crippen molar-refractivity contribution in [3.63, 3.8) is 0 Å². The van der Waals surface area contributed by atoms with E-state index in [2.05, 4.69) is 19.1 Å². The lowest BCUT2D eigenvalue weighted by molar-refractivity contribution is -0.116. The Balaban J connectivity index is 1.99. The molecular formula is C18H20O2S. The molecular weight excluding hydrogens is 280 g/mol. The van der Waals surface area contributed by atoms with Crippen LogP contribution < -0.4 is 4.74 Å². The highest BCUT2D eigenvalue weighted by molar-refractivity contribution is 8.00. The van der Waals surface area contributed by atoms with Crippen molar-refractivity contribution in [2.24, 2.45) is 0 Å². The van der Waals surface area contributed by atoms with E-state index in [4.69, 9.17) is 4.74 Å². The topological polar surface area (TPSA) is 26.3 Å². The van der Waals surface area contributed by atoms with Crippen molar-refractivity contribution in [3.8, 4) is 5.75 Å². The summed E-state index contributed by atoms with van der Waals surface area (Å²) in [7, 11) is 1.64. The first kappa shape index (κ1) is 15.6. The van der Waals surface area contributed by atoms with Gasteiger partial charge in [-0.2, -0.15) is 0 Å². The molecule has 2 aromatic carbocycles. The molecule has 0 radical (unpaired) electrons. The fourth-order valence-electron chi connectivity index (χ4n) is 2.19. The van der Waals surface area contributed by atoms with Crippen molar-refractivity contribution in [1.29, 1.82) is 0 Å². The van der Waals surface area contributed by atoms with Crippen molar-refractivity contribution >= 4 is 17.5 Å². The van der Waals surface area contributed by atoms with Gasteiger partial charge in [0, 0.05) is 16.9 Å². The van der Waals surface area contributed by atoms with Crippen LogP contribution in [0.4, 0.5) is 0 Å². The van der Waals surface area contributed by atoms with Crippen LogP contribution in [0.5, 0.6) is 5.75 Å². The predicted octanol–water partition coefficient (Wildman–Crippen LogP) is 4.22. The molecule has 0 heterocycles. The van der Waals surface area contributed by atoms with Crippen LogP contribution in [0.1, 0.15) is 16.7 Å². The highest BCUT2D eigenvalue weighted by Gasteiger charge is 2.10. The molecule has 0 aliphatic heterocycles. The summed E-state index contributed by atoms with van der Waals surface area (Å²) in [6.07, 6.45) is 0.420. The number of hydrogen-bond donors (Lipinski definition) is 0. The minimum atomic E-state index is 0.215. The molecule has 3 heteroatoms. The molecule has 21 heavy (non-hydrogen) atoms. The summed E-state index contributed by atoms with van der Waals surface area (Å²) in [5.41, 5.74) is 3.32. The summed E-state index contributed by atoms with van der Waals surface area (Å²) in [6, 6.07) is 14.1. The van der Waals surface area contributed by atoms with Gasteiger partial charge >= 0.3 is 0 Å². The van der Waals surface area contributed by atoms with Gasteiger partial charge in [-0.1, -0.05) is 35.9 Å². The normalized spacial score (nSPS) is 10.4. The van der Waals surface area contributed by atoms with Gasteiger partial charge < -0.3 is 4.74 Å². The minimum absolute atomic E-state index is 0.215. The molecule has 0 aliphatic carbocycles. The molecule has 2 rings (SSSR count). The first-order valence-corrected chi connectivity index (χ1v) is 7.92. The quantitative estimate of drug-likeness (QED) is 0.747. The summed E-state index contributed by atoms with van der Waals surface area (Å²) in [6.45, 7) is 4.09. The van der Waals surface area contributed by atoms with Gasteiger partial charge in [-0.05, 0) is 31.5 Å². The number of ketones is 1. The SMILES string of the molecule is COc1ccc(C)cc1CC(=O)CSc1ccccc1C. The van der Waals surface area contributed by atoms with Crippen molar-refractivity contribution in [2.45, 2.75) is 25.2 Å². The van der Waals surface area contributed by atoms with E-state index in [1.165, 1.54) is 10.5 Å². The van der Waals surface area contributed by atoms with Crippen molar-refractivity contribution in [2.75, 3.05) is 12.9 Å². The van der Waals surface area contributed by atoms with E-state index in [1.54, 1.807) is 18.9 Å². The summed E-state index contributed by atoms with van der Waals surface area (Å²) in [5, 5.41) is 0. The molecule has 110 valence electrons. The van der Waals surface area contributed by atoms with Gasteiger partial charge in [0.05, 0.1) is 12.9 Å². The molecule has 0 spiro atoms. The molecule has 2 nitrogen and oxygen atoms in total. The van der Waals surface area contributed by atoms with Crippen LogP contribution in [-0.2, 0) is 11.2 Å². The number of carbonyl (C=O) groups excluding carboxylic acids is 1. The maximum atomic E-state index is 12.2. The molecule has 0 aliphatic rings. The molecule has 0 fully saturated rings. The van der Waals surface area contributed by atoms with Crippen molar-refractivity contribution in [3.05, 3.63) is 59.2 Å². The van der Waals surface area contributed by atoms with Crippen molar-refractivity contribution < 1.29 is 9.53 Å². The monoisotopic (exact) mass is 300 g/mol. The van der Waals surface area contributed by atoms with Gasteiger partial charge in [0.2, 0.25) is 0 Å². The molecule has 0 aromatic heterocycles. The van der Waals surface area contributed by atoms with Crippen molar-refractivity contribution in [1.82, 2.24) is 0 Å². The molecule has 0 N–H and O–H groups in total. The van der Waals surface area contributed by atoms with Gasteiger partial charge in [0.15, 0.2) is 0 Å². The Labute approximate surface area is 130 Å². The van der Waals surface area contributed by atoms with Crippen LogP contribution in [0.3, 0.4) is 0 Å². The molecule has 0 amide bonds. The molecule has 0 saturated heterocycles. The van der Waals surface area contributed by atoms with E-state index in [0.29, 0.717) is 12.2 Å². The Bertz CT molecular complexity index is 635. The van der Waals surface area contributed by atoms with Crippen LogP contribution in [0, 0.1) is 13.8 Å². The van der Waals surface area contributed by atoms with Gasteiger partial charge in [-0.15, -0.1) is 11.8 Å². The summed E-state index contributed by atoms with van der Waals surface area (Å²) in [5.74, 6) is 1.49. The Morgan fingerprint density at radius 1 is 1.14 bits per heavy atom. The first-order valence-electron chi connectivity index (χ1n) is 6.94. The maximum absolute atomic E-state index is 12.2. The van der Waals surface area contributed by atoms with Gasteiger partial charge in [0.1, 0.15) is 11.5 Å². The van der Waals surface area contributed by atoms with E-state index in [0.717, 1.165) is 16.9 Å². The largest absolute Gasteiger partial charge is 0.496 e. The lowest BCUT2D eigenvalue weighted by atomic mass is 10.1. The number of benzene rings is 2. The number of carbonyl (C=O) groups is 1. The summed E-state index contributed by atoms with van der Waals surface area (Å²) < 4.78 is 5.32. The fraction of sp³-hybridized carbons (Fsp3) is 0.278. The number of thioether (sulfide) groups is 1. The Hall–Kier alpha value is -1.74. The van der Waals surface area contributed by atoms with E-state index >= 15 is 0 Å². The minimum Gasteiger partial charge on any atom is -0.496 e. The van der Waals surface area contributed by atoms with E-state index in [-0.39, 0.29) is 5.78 Å². The first-order chi connectivity index (χ1) is 10.1. The predicted molar refractivity (Wildman–Crippen MR) is 88.3 cm³/mol. The zero-order chi connectivity index (χ0) is 15.2. The average Bonchev–Trinajstić information content (AvgIpc) is 2.47. The number of Topliss-reactive ketones (excluding diaryl/α,β-unsaturated/α-hetero) is 1. The second kappa shape index (κ2) is 7.32. The lowest BCUT2D eigenvalue weighted by Gasteiger charge is -2.09. The van der Waals surface area contributed by atoms with Gasteiger partial charge in [-0.3, -0.25) is 4.79 Å². The smallest absolute Gasteiger partial charge is 0.147 e. The number of ether oxygens (including phenoxy) is 1.